The fourth-order valence-corrected chi connectivity index (χ4v) is 4.46. The second-order valence-electron chi connectivity index (χ2n) is 8.06. The van der Waals surface area contributed by atoms with Crippen LogP contribution in [0.5, 0.6) is 0 Å². The van der Waals surface area contributed by atoms with Crippen LogP contribution in [0.1, 0.15) is 64.2 Å². The highest BCUT2D eigenvalue weighted by molar-refractivity contribution is 5.82. The standard InChI is InChI=1S/C23H34O6/c1-3-21(24)28-16-20(29-22(25)4-2)14-15-27-23(26)19-12-10-18(11-13-19)17-8-6-5-7-9-17/h3-4,17-20H,1-2,5-16H2. The van der Waals surface area contributed by atoms with E-state index in [0.717, 1.165) is 49.7 Å². The summed E-state index contributed by atoms with van der Waals surface area (Å²) >= 11 is 0. The third-order valence-electron chi connectivity index (χ3n) is 6.13. The maximum atomic E-state index is 12.4. The number of hydrogen-bond donors (Lipinski definition) is 0. The second-order valence-corrected chi connectivity index (χ2v) is 8.06. The van der Waals surface area contributed by atoms with Gasteiger partial charge in [-0.05, 0) is 37.5 Å². The maximum absolute atomic E-state index is 12.4. The van der Waals surface area contributed by atoms with E-state index in [1.54, 1.807) is 0 Å². The van der Waals surface area contributed by atoms with E-state index >= 15 is 0 Å². The van der Waals surface area contributed by atoms with Gasteiger partial charge in [-0.15, -0.1) is 0 Å². The second kappa shape index (κ2) is 12.5. The van der Waals surface area contributed by atoms with Gasteiger partial charge < -0.3 is 14.2 Å². The molecule has 1 atom stereocenters. The van der Waals surface area contributed by atoms with E-state index in [4.69, 9.17) is 14.2 Å². The zero-order valence-corrected chi connectivity index (χ0v) is 17.3. The predicted molar refractivity (Wildman–Crippen MR) is 109 cm³/mol. The van der Waals surface area contributed by atoms with Gasteiger partial charge in [0.1, 0.15) is 12.7 Å². The van der Waals surface area contributed by atoms with Crippen molar-refractivity contribution in [1.29, 1.82) is 0 Å². The van der Waals surface area contributed by atoms with E-state index in [2.05, 4.69) is 13.2 Å². The third kappa shape index (κ3) is 8.03. The molecule has 0 N–H and O–H groups in total. The van der Waals surface area contributed by atoms with Crippen LogP contribution in [0.4, 0.5) is 0 Å². The Hall–Kier alpha value is -2.11. The summed E-state index contributed by atoms with van der Waals surface area (Å²) in [5.41, 5.74) is 0. The first-order valence-corrected chi connectivity index (χ1v) is 10.8. The Morgan fingerprint density at radius 2 is 1.45 bits per heavy atom. The normalized spacial score (nSPS) is 23.4. The van der Waals surface area contributed by atoms with Gasteiger partial charge in [-0.2, -0.15) is 0 Å². The van der Waals surface area contributed by atoms with E-state index in [1.165, 1.54) is 32.1 Å². The predicted octanol–water partition coefficient (Wildman–Crippen LogP) is 4.13. The SMILES string of the molecule is C=CC(=O)OCC(CCOC(=O)C1CCC(C2CCCCC2)CC1)OC(=O)C=C. The molecule has 2 fully saturated rings. The fourth-order valence-electron chi connectivity index (χ4n) is 4.46. The van der Waals surface area contributed by atoms with E-state index < -0.39 is 18.0 Å². The van der Waals surface area contributed by atoms with E-state index in [0.29, 0.717) is 0 Å². The molecule has 162 valence electrons. The van der Waals surface area contributed by atoms with Gasteiger partial charge >= 0.3 is 17.9 Å². The number of rotatable bonds is 10. The van der Waals surface area contributed by atoms with E-state index in [-0.39, 0.29) is 31.5 Å². The van der Waals surface area contributed by atoms with Gasteiger partial charge in [0.15, 0.2) is 0 Å². The van der Waals surface area contributed by atoms with Gasteiger partial charge in [-0.3, -0.25) is 4.79 Å². The van der Waals surface area contributed by atoms with Crippen LogP contribution in [0.15, 0.2) is 25.3 Å². The van der Waals surface area contributed by atoms with Crippen molar-refractivity contribution in [2.75, 3.05) is 13.2 Å². The molecule has 6 heteroatoms. The van der Waals surface area contributed by atoms with Crippen LogP contribution in [0, 0.1) is 17.8 Å². The summed E-state index contributed by atoms with van der Waals surface area (Å²) in [7, 11) is 0. The molecule has 29 heavy (non-hydrogen) atoms. The summed E-state index contributed by atoms with van der Waals surface area (Å²) in [4.78, 5) is 35.1. The van der Waals surface area contributed by atoms with Crippen LogP contribution in [0.3, 0.4) is 0 Å². The molecular formula is C23H34O6. The van der Waals surface area contributed by atoms with E-state index in [9.17, 15) is 14.4 Å². The highest BCUT2D eigenvalue weighted by Crippen LogP contribution is 2.40. The smallest absolute Gasteiger partial charge is 0.330 e. The van der Waals surface area contributed by atoms with Gasteiger partial charge in [0.2, 0.25) is 0 Å². The Bertz CT molecular complexity index is 570. The van der Waals surface area contributed by atoms with Crippen molar-refractivity contribution in [3.63, 3.8) is 0 Å². The number of carbonyl (C=O) groups excluding carboxylic acids is 3. The Labute approximate surface area is 173 Å². The minimum atomic E-state index is -0.695. The van der Waals surface area contributed by atoms with E-state index in [1.807, 2.05) is 0 Å². The summed E-state index contributed by atoms with van der Waals surface area (Å²) in [6.07, 6.45) is 12.4. The maximum Gasteiger partial charge on any atom is 0.330 e. The molecule has 2 saturated carbocycles. The quantitative estimate of drug-likeness (QED) is 0.308. The Morgan fingerprint density at radius 3 is 2.07 bits per heavy atom. The highest BCUT2D eigenvalue weighted by Gasteiger charge is 2.32. The van der Waals surface area contributed by atoms with Crippen LogP contribution >= 0.6 is 0 Å². The van der Waals surface area contributed by atoms with Crippen molar-refractivity contribution in [2.24, 2.45) is 17.8 Å². The molecule has 2 aliphatic rings. The first-order chi connectivity index (χ1) is 14.0. The Morgan fingerprint density at radius 1 is 0.828 bits per heavy atom. The minimum Gasteiger partial charge on any atom is -0.465 e. The number of ether oxygens (including phenoxy) is 3. The molecule has 1 unspecified atom stereocenters. The summed E-state index contributed by atoms with van der Waals surface area (Å²) in [6.45, 7) is 6.67. The number of hydrogen-bond acceptors (Lipinski definition) is 6. The molecule has 0 bridgehead atoms. The molecule has 0 radical (unpaired) electrons. The summed E-state index contributed by atoms with van der Waals surface area (Å²) in [5, 5.41) is 0. The zero-order valence-electron chi connectivity index (χ0n) is 17.3. The van der Waals surface area contributed by atoms with Crippen molar-refractivity contribution < 1.29 is 28.6 Å². The van der Waals surface area contributed by atoms with Crippen molar-refractivity contribution >= 4 is 17.9 Å². The lowest BCUT2D eigenvalue weighted by Gasteiger charge is -2.35. The van der Waals surface area contributed by atoms with Crippen molar-refractivity contribution in [1.82, 2.24) is 0 Å². The summed E-state index contributed by atoms with van der Waals surface area (Å²) < 4.78 is 15.5. The largest absolute Gasteiger partial charge is 0.465 e. The highest BCUT2D eigenvalue weighted by atomic mass is 16.6. The lowest BCUT2D eigenvalue weighted by atomic mass is 9.71. The minimum absolute atomic E-state index is 0.0393. The average Bonchev–Trinajstić information content (AvgIpc) is 2.77. The lowest BCUT2D eigenvalue weighted by molar-refractivity contribution is -0.157. The average molecular weight is 407 g/mol. The van der Waals surface area contributed by atoms with Gasteiger partial charge in [-0.1, -0.05) is 45.3 Å². The summed E-state index contributed by atoms with van der Waals surface area (Å²) in [6, 6.07) is 0. The van der Waals surface area contributed by atoms with Crippen LogP contribution < -0.4 is 0 Å². The van der Waals surface area contributed by atoms with Crippen LogP contribution in [-0.4, -0.2) is 37.2 Å². The van der Waals surface area contributed by atoms with Gasteiger partial charge in [0.05, 0.1) is 12.5 Å². The van der Waals surface area contributed by atoms with Gasteiger partial charge in [0, 0.05) is 18.6 Å². The first-order valence-electron chi connectivity index (χ1n) is 10.8. The molecule has 0 aliphatic heterocycles. The molecule has 0 spiro atoms. The molecule has 0 aromatic heterocycles. The molecular weight excluding hydrogens is 372 g/mol. The van der Waals surface area contributed by atoms with Crippen molar-refractivity contribution in [3.8, 4) is 0 Å². The van der Waals surface area contributed by atoms with Gasteiger partial charge in [0.25, 0.3) is 0 Å². The molecule has 0 aromatic rings. The number of esters is 3. The monoisotopic (exact) mass is 406 g/mol. The summed E-state index contributed by atoms with van der Waals surface area (Å²) in [5.74, 6) is 0.181. The van der Waals surface area contributed by atoms with Crippen molar-refractivity contribution in [3.05, 3.63) is 25.3 Å². The van der Waals surface area contributed by atoms with Gasteiger partial charge in [-0.25, -0.2) is 9.59 Å². The Kier molecular flexibility index (Phi) is 9.95. The molecule has 0 saturated heterocycles. The third-order valence-corrected chi connectivity index (χ3v) is 6.13. The molecule has 0 heterocycles. The molecule has 6 nitrogen and oxygen atoms in total. The molecule has 0 aromatic carbocycles. The van der Waals surface area contributed by atoms with Crippen LogP contribution in [0.25, 0.3) is 0 Å². The molecule has 0 amide bonds. The zero-order chi connectivity index (χ0) is 21.1. The Balaban J connectivity index is 1.70. The topological polar surface area (TPSA) is 78.9 Å². The van der Waals surface area contributed by atoms with Crippen LogP contribution in [-0.2, 0) is 28.6 Å². The molecule has 2 rings (SSSR count). The lowest BCUT2D eigenvalue weighted by Crippen LogP contribution is -2.29. The molecule has 2 aliphatic carbocycles. The first kappa shape index (κ1) is 23.2. The fraction of sp³-hybridized carbons (Fsp3) is 0.696. The number of carbonyl (C=O) groups is 3. The van der Waals surface area contributed by atoms with Crippen LogP contribution in [0.2, 0.25) is 0 Å². The van der Waals surface area contributed by atoms with Crippen molar-refractivity contribution in [2.45, 2.75) is 70.3 Å².